The number of rotatable bonds is 19. The van der Waals surface area contributed by atoms with E-state index in [0.717, 1.165) is 22.5 Å². The topological polar surface area (TPSA) is 177 Å². The van der Waals surface area contributed by atoms with Crippen molar-refractivity contribution in [2.24, 2.45) is 11.3 Å². The number of carboxylic acid groups (broad SMARTS) is 1. The molecule has 14 nitrogen and oxygen atoms in total. The quantitative estimate of drug-likeness (QED) is 0.103. The van der Waals surface area contributed by atoms with Crippen LogP contribution in [0.25, 0.3) is 0 Å². The molecule has 1 saturated heterocycles. The number of hydrogen-bond donors (Lipinski definition) is 5. The molecule has 2 aromatic carbocycles. The van der Waals surface area contributed by atoms with E-state index in [1.807, 2.05) is 107 Å². The maximum Gasteiger partial charge on any atom is 0.405 e. The molecule has 4 rings (SSSR count). The number of carbonyl (C=O) groups is 4. The van der Waals surface area contributed by atoms with Gasteiger partial charge in [0.25, 0.3) is 5.91 Å². The fourth-order valence-corrected chi connectivity index (χ4v) is 6.93. The fourth-order valence-electron chi connectivity index (χ4n) is 6.93. The average molecular weight is 788 g/mol. The van der Waals surface area contributed by atoms with Crippen LogP contribution in [0, 0.1) is 18.3 Å². The highest BCUT2D eigenvalue weighted by molar-refractivity contribution is 5.88. The normalized spacial score (nSPS) is 15.9. The minimum absolute atomic E-state index is 0.0204. The number of aliphatic hydroxyl groups excluding tert-OH is 1. The average Bonchev–Trinajstić information content (AvgIpc) is 3.48. The molecule has 0 spiro atoms. The van der Waals surface area contributed by atoms with E-state index in [2.05, 4.69) is 21.0 Å². The Labute approximate surface area is 336 Å². The van der Waals surface area contributed by atoms with E-state index in [1.54, 1.807) is 30.6 Å². The number of amides is 5. The molecule has 14 heteroatoms. The van der Waals surface area contributed by atoms with E-state index in [1.165, 1.54) is 5.01 Å². The van der Waals surface area contributed by atoms with Crippen molar-refractivity contribution >= 4 is 23.9 Å². The number of pyridine rings is 1. The molecule has 0 unspecified atom stereocenters. The maximum atomic E-state index is 14.5. The Morgan fingerprint density at radius 2 is 1.60 bits per heavy atom. The summed E-state index contributed by atoms with van der Waals surface area (Å²) in [4.78, 5) is 61.7. The van der Waals surface area contributed by atoms with E-state index in [4.69, 9.17) is 4.74 Å². The molecule has 5 N–H and O–H groups in total. The van der Waals surface area contributed by atoms with Crippen LogP contribution in [0.4, 0.5) is 9.59 Å². The molecule has 2 heterocycles. The molecule has 0 aliphatic carbocycles. The number of nitrogens with one attached hydrogen (secondary N) is 3. The second-order valence-electron chi connectivity index (χ2n) is 16.3. The smallest absolute Gasteiger partial charge is 0.405 e. The summed E-state index contributed by atoms with van der Waals surface area (Å²) in [5, 5.41) is 28.6. The summed E-state index contributed by atoms with van der Waals surface area (Å²) in [5.74, 6) is -0.510. The molecule has 1 aromatic heterocycles. The van der Waals surface area contributed by atoms with Crippen LogP contribution in [-0.2, 0) is 29.1 Å². The predicted molar refractivity (Wildman–Crippen MR) is 218 cm³/mol. The monoisotopic (exact) mass is 787 g/mol. The second kappa shape index (κ2) is 20.3. The number of hydrogen-bond acceptors (Lipinski definition) is 8. The van der Waals surface area contributed by atoms with Gasteiger partial charge in [0.05, 0.1) is 30.5 Å². The number of benzene rings is 2. The molecule has 310 valence electrons. The van der Waals surface area contributed by atoms with Crippen molar-refractivity contribution in [3.05, 3.63) is 95.3 Å². The lowest BCUT2D eigenvalue weighted by Gasteiger charge is -2.36. The fraction of sp³-hybridized carbons (Fsp3) is 0.512. The number of hydrazine groups is 1. The van der Waals surface area contributed by atoms with Gasteiger partial charge >= 0.3 is 12.1 Å². The lowest BCUT2D eigenvalue weighted by atomic mass is 9.86. The standard InChI is InChI=1S/C43H61N7O7/c1-9-29(4)37(50-23-22-48(42(50)56)26-33-17-13-14-30(5)44-33)39(52)45-35(24-31-15-11-10-12-16-31)36(51)27-49(25-32-18-20-34(21-19-32)57-28(2)3)47-40(53)38(43(6,7)8)46-41(54)55/h10-21,28-29,35-38,46,51H,9,22-27H2,1-8H3,(H,45,52)(H,47,53)(H,54,55)/t29-,35-,36-,37-,38+/m0/s1. The summed E-state index contributed by atoms with van der Waals surface area (Å²) >= 11 is 0. The number of ether oxygens (including phenoxy) is 1. The number of aromatic nitrogens is 1. The highest BCUT2D eigenvalue weighted by Gasteiger charge is 2.41. The largest absolute Gasteiger partial charge is 0.491 e. The van der Waals surface area contributed by atoms with Crippen LogP contribution in [0.1, 0.15) is 77.4 Å². The van der Waals surface area contributed by atoms with Gasteiger partial charge in [0.2, 0.25) is 5.91 Å². The van der Waals surface area contributed by atoms with Crippen molar-refractivity contribution in [1.29, 1.82) is 0 Å². The number of aryl methyl sites for hydroxylation is 1. The minimum Gasteiger partial charge on any atom is -0.491 e. The third kappa shape index (κ3) is 13.2. The van der Waals surface area contributed by atoms with Crippen molar-refractivity contribution in [1.82, 2.24) is 35.9 Å². The molecular formula is C43H61N7O7. The Kier molecular flexibility index (Phi) is 15.8. The van der Waals surface area contributed by atoms with Crippen LogP contribution in [0.3, 0.4) is 0 Å². The van der Waals surface area contributed by atoms with Crippen molar-refractivity contribution in [3.8, 4) is 5.75 Å². The highest BCUT2D eigenvalue weighted by atomic mass is 16.5. The zero-order chi connectivity index (χ0) is 41.9. The molecule has 0 saturated carbocycles. The van der Waals surface area contributed by atoms with Gasteiger partial charge in [-0.05, 0) is 73.9 Å². The van der Waals surface area contributed by atoms with E-state index < -0.39 is 41.6 Å². The zero-order valence-electron chi connectivity index (χ0n) is 34.6. The summed E-state index contributed by atoms with van der Waals surface area (Å²) in [6.07, 6.45) is -1.70. The summed E-state index contributed by atoms with van der Waals surface area (Å²) in [6, 6.07) is 19.5. The summed E-state index contributed by atoms with van der Waals surface area (Å²) in [7, 11) is 0. The zero-order valence-corrected chi connectivity index (χ0v) is 34.6. The minimum atomic E-state index is -1.34. The van der Waals surface area contributed by atoms with Crippen molar-refractivity contribution in [2.75, 3.05) is 19.6 Å². The molecule has 5 amide bonds. The molecule has 1 aliphatic heterocycles. The number of aliphatic hydroxyl groups is 1. The number of urea groups is 1. The molecular weight excluding hydrogens is 727 g/mol. The molecule has 0 bridgehead atoms. The van der Waals surface area contributed by atoms with E-state index in [-0.39, 0.29) is 43.5 Å². The van der Waals surface area contributed by atoms with Crippen LogP contribution in [0.15, 0.2) is 72.8 Å². The number of nitrogens with zero attached hydrogens (tertiary/aromatic N) is 4. The Bertz CT molecular complexity index is 1780. The van der Waals surface area contributed by atoms with Crippen LogP contribution >= 0.6 is 0 Å². The molecule has 57 heavy (non-hydrogen) atoms. The van der Waals surface area contributed by atoms with E-state index in [0.29, 0.717) is 31.8 Å². The van der Waals surface area contributed by atoms with Crippen molar-refractivity contribution < 1.29 is 34.1 Å². The van der Waals surface area contributed by atoms with Crippen LogP contribution < -0.4 is 20.8 Å². The van der Waals surface area contributed by atoms with Gasteiger partial charge in [-0.1, -0.05) is 89.6 Å². The first kappa shape index (κ1) is 44.5. The van der Waals surface area contributed by atoms with Gasteiger partial charge in [-0.2, -0.15) is 0 Å². The first-order valence-corrected chi connectivity index (χ1v) is 19.8. The summed E-state index contributed by atoms with van der Waals surface area (Å²) < 4.78 is 5.80. The van der Waals surface area contributed by atoms with E-state index >= 15 is 0 Å². The third-order valence-corrected chi connectivity index (χ3v) is 10.0. The van der Waals surface area contributed by atoms with Crippen molar-refractivity contribution in [2.45, 2.75) is 112 Å². The molecule has 5 atom stereocenters. The van der Waals surface area contributed by atoms with Gasteiger partial charge in [0.1, 0.15) is 17.8 Å². The van der Waals surface area contributed by atoms with Gasteiger partial charge in [-0.25, -0.2) is 14.6 Å². The van der Waals surface area contributed by atoms with Gasteiger partial charge < -0.3 is 35.4 Å². The Hall–Kier alpha value is -5.21. The van der Waals surface area contributed by atoms with Crippen LogP contribution in [0.2, 0.25) is 0 Å². The van der Waals surface area contributed by atoms with E-state index in [9.17, 15) is 29.4 Å². The number of carbonyl (C=O) groups excluding carboxylic acids is 3. The third-order valence-electron chi connectivity index (χ3n) is 10.0. The molecule has 1 aliphatic rings. The maximum absolute atomic E-state index is 14.5. The molecule has 3 aromatic rings. The lowest BCUT2D eigenvalue weighted by Crippen LogP contribution is -2.60. The lowest BCUT2D eigenvalue weighted by molar-refractivity contribution is -0.132. The van der Waals surface area contributed by atoms with Crippen molar-refractivity contribution in [3.63, 3.8) is 0 Å². The summed E-state index contributed by atoms with van der Waals surface area (Å²) in [6.45, 7) is 16.1. The molecule has 1 fully saturated rings. The van der Waals surface area contributed by atoms with Crippen LogP contribution in [-0.4, -0.2) is 104 Å². The highest BCUT2D eigenvalue weighted by Crippen LogP contribution is 2.24. The van der Waals surface area contributed by atoms with Crippen LogP contribution in [0.5, 0.6) is 5.75 Å². The predicted octanol–water partition coefficient (Wildman–Crippen LogP) is 5.13. The second-order valence-corrected chi connectivity index (χ2v) is 16.3. The van der Waals surface area contributed by atoms with Gasteiger partial charge in [-0.3, -0.25) is 20.0 Å². The Balaban J connectivity index is 1.61. The van der Waals surface area contributed by atoms with Gasteiger partial charge in [0.15, 0.2) is 0 Å². The van der Waals surface area contributed by atoms with Gasteiger partial charge in [0, 0.05) is 31.9 Å². The van der Waals surface area contributed by atoms with Gasteiger partial charge in [-0.15, -0.1) is 0 Å². The first-order chi connectivity index (χ1) is 26.9. The molecule has 0 radical (unpaired) electrons. The SMILES string of the molecule is CC[C@H](C)[C@@H](C(=O)N[C@@H](Cc1ccccc1)[C@@H](O)CN(Cc1ccc(OC(C)C)cc1)NC(=O)[C@@H](NC(=O)O)C(C)(C)C)N1CCN(Cc2cccc(C)n2)C1=O. The Morgan fingerprint density at radius 1 is 0.912 bits per heavy atom. The first-order valence-electron chi connectivity index (χ1n) is 19.8. The summed E-state index contributed by atoms with van der Waals surface area (Å²) in [5.41, 5.74) is 5.35. The Morgan fingerprint density at radius 3 is 2.19 bits per heavy atom.